The Hall–Kier alpha value is -0.560. The second-order valence-electron chi connectivity index (χ2n) is 4.37. The van der Waals surface area contributed by atoms with Gasteiger partial charge in [0.1, 0.15) is 0 Å². The molecule has 68 valence electrons. The monoisotopic (exact) mass is 166 g/mol. The van der Waals surface area contributed by atoms with Gasteiger partial charge in [-0.1, -0.05) is 32.9 Å². The fourth-order valence-electron chi connectivity index (χ4n) is 1.66. The summed E-state index contributed by atoms with van der Waals surface area (Å²) in [5.74, 6) is 0. The van der Waals surface area contributed by atoms with E-state index in [1.54, 1.807) is 0 Å². The Morgan fingerprint density at radius 2 is 2.08 bits per heavy atom. The molecule has 0 atom stereocenters. The Labute approximate surface area is 74.8 Å². The van der Waals surface area contributed by atoms with Gasteiger partial charge in [0, 0.05) is 0 Å². The van der Waals surface area contributed by atoms with Crippen LogP contribution in [0.1, 0.15) is 33.6 Å². The average Bonchev–Trinajstić information content (AvgIpc) is 2.03. The van der Waals surface area contributed by atoms with Gasteiger partial charge in [-0.3, -0.25) is 0 Å². The van der Waals surface area contributed by atoms with Gasteiger partial charge in [-0.2, -0.15) is 0 Å². The second kappa shape index (κ2) is 3.44. The molecular formula is C11H18O. The van der Waals surface area contributed by atoms with Crippen LogP contribution in [-0.2, 0) is 0 Å². The third-order valence-corrected chi connectivity index (χ3v) is 2.28. The standard InChI is InChI=1S/C11H18O/c1-11(2,3)10-7-5-4-6-9(10)8-12/h5,7,12H,4,6,8H2,1-3H3. The van der Waals surface area contributed by atoms with Gasteiger partial charge in [0.25, 0.3) is 0 Å². The van der Waals surface area contributed by atoms with Gasteiger partial charge in [0.05, 0.1) is 6.61 Å². The van der Waals surface area contributed by atoms with Crippen LogP contribution in [-0.4, -0.2) is 11.7 Å². The maximum absolute atomic E-state index is 9.13. The number of rotatable bonds is 1. The normalized spacial score (nSPS) is 18.7. The molecule has 0 saturated carbocycles. The van der Waals surface area contributed by atoms with Crippen molar-refractivity contribution in [2.24, 2.45) is 5.41 Å². The molecule has 0 fully saturated rings. The van der Waals surface area contributed by atoms with Crippen molar-refractivity contribution in [2.45, 2.75) is 33.6 Å². The molecule has 0 aromatic heterocycles. The highest BCUT2D eigenvalue weighted by Gasteiger charge is 2.19. The fraction of sp³-hybridized carbons (Fsp3) is 0.636. The Morgan fingerprint density at radius 1 is 1.42 bits per heavy atom. The van der Waals surface area contributed by atoms with Crippen molar-refractivity contribution in [3.05, 3.63) is 23.3 Å². The fourth-order valence-corrected chi connectivity index (χ4v) is 1.66. The number of aliphatic hydroxyl groups is 1. The third-order valence-electron chi connectivity index (χ3n) is 2.28. The molecule has 1 N–H and O–H groups in total. The summed E-state index contributed by atoms with van der Waals surface area (Å²) in [5.41, 5.74) is 2.70. The molecule has 0 bridgehead atoms. The lowest BCUT2D eigenvalue weighted by atomic mass is 9.80. The molecule has 0 amide bonds. The minimum atomic E-state index is 0.176. The molecule has 1 nitrogen and oxygen atoms in total. The SMILES string of the molecule is CC(C)(C)C1=C(CO)CCC=C1. The maximum atomic E-state index is 9.13. The van der Waals surface area contributed by atoms with E-state index in [2.05, 4.69) is 32.9 Å². The lowest BCUT2D eigenvalue weighted by Crippen LogP contribution is -2.13. The lowest BCUT2D eigenvalue weighted by Gasteiger charge is -2.26. The Kier molecular flexibility index (Phi) is 2.73. The summed E-state index contributed by atoms with van der Waals surface area (Å²) in [7, 11) is 0. The number of allylic oxidation sites excluding steroid dienone is 3. The number of aliphatic hydroxyl groups excluding tert-OH is 1. The van der Waals surface area contributed by atoms with Gasteiger partial charge in [0.15, 0.2) is 0 Å². The molecule has 1 rings (SSSR count). The first-order valence-electron chi connectivity index (χ1n) is 4.55. The average molecular weight is 166 g/mol. The van der Waals surface area contributed by atoms with Gasteiger partial charge in [-0.25, -0.2) is 0 Å². The van der Waals surface area contributed by atoms with E-state index in [1.807, 2.05) is 0 Å². The van der Waals surface area contributed by atoms with Gasteiger partial charge in [-0.15, -0.1) is 0 Å². The van der Waals surface area contributed by atoms with Crippen LogP contribution in [0.5, 0.6) is 0 Å². The highest BCUT2D eigenvalue weighted by atomic mass is 16.3. The van der Waals surface area contributed by atoms with Gasteiger partial charge in [0.2, 0.25) is 0 Å². The highest BCUT2D eigenvalue weighted by Crippen LogP contribution is 2.33. The van der Waals surface area contributed by atoms with Crippen LogP contribution in [0.4, 0.5) is 0 Å². The predicted molar refractivity (Wildman–Crippen MR) is 51.9 cm³/mol. The smallest absolute Gasteiger partial charge is 0.0647 e. The third kappa shape index (κ3) is 1.98. The van der Waals surface area contributed by atoms with E-state index in [4.69, 9.17) is 5.11 Å². The molecule has 1 aliphatic carbocycles. The zero-order chi connectivity index (χ0) is 9.19. The molecule has 12 heavy (non-hydrogen) atoms. The van der Waals surface area contributed by atoms with Crippen LogP contribution in [0.25, 0.3) is 0 Å². The maximum Gasteiger partial charge on any atom is 0.0647 e. The molecular weight excluding hydrogens is 148 g/mol. The van der Waals surface area contributed by atoms with Crippen molar-refractivity contribution in [2.75, 3.05) is 6.61 Å². The van der Waals surface area contributed by atoms with Crippen molar-refractivity contribution < 1.29 is 5.11 Å². The molecule has 0 radical (unpaired) electrons. The molecule has 0 aliphatic heterocycles. The number of hydrogen-bond acceptors (Lipinski definition) is 1. The van der Waals surface area contributed by atoms with Crippen molar-refractivity contribution in [3.63, 3.8) is 0 Å². The van der Waals surface area contributed by atoms with E-state index >= 15 is 0 Å². The first-order valence-corrected chi connectivity index (χ1v) is 4.55. The Bertz CT molecular complexity index is 216. The number of hydrogen-bond donors (Lipinski definition) is 1. The first kappa shape index (κ1) is 9.53. The summed E-state index contributed by atoms with van der Waals surface area (Å²) >= 11 is 0. The molecule has 0 aromatic carbocycles. The molecule has 0 aromatic rings. The van der Waals surface area contributed by atoms with Crippen LogP contribution in [0, 0.1) is 5.41 Å². The van der Waals surface area contributed by atoms with Gasteiger partial charge < -0.3 is 5.11 Å². The van der Waals surface area contributed by atoms with Gasteiger partial charge >= 0.3 is 0 Å². The van der Waals surface area contributed by atoms with E-state index in [0.29, 0.717) is 0 Å². The molecule has 0 heterocycles. The lowest BCUT2D eigenvalue weighted by molar-refractivity contribution is 0.320. The highest BCUT2D eigenvalue weighted by molar-refractivity contribution is 5.34. The minimum absolute atomic E-state index is 0.176. The molecule has 1 aliphatic rings. The quantitative estimate of drug-likeness (QED) is 0.635. The first-order chi connectivity index (χ1) is 5.55. The summed E-state index contributed by atoms with van der Waals surface area (Å²) < 4.78 is 0. The largest absolute Gasteiger partial charge is 0.392 e. The van der Waals surface area contributed by atoms with Crippen LogP contribution in [0.2, 0.25) is 0 Å². The van der Waals surface area contributed by atoms with Crippen molar-refractivity contribution in [1.82, 2.24) is 0 Å². The molecule has 1 heteroatoms. The summed E-state index contributed by atoms with van der Waals surface area (Å²) in [5, 5.41) is 9.13. The van der Waals surface area contributed by atoms with E-state index in [-0.39, 0.29) is 12.0 Å². The Balaban J connectivity index is 2.97. The Morgan fingerprint density at radius 3 is 2.50 bits per heavy atom. The van der Waals surface area contributed by atoms with E-state index in [9.17, 15) is 0 Å². The zero-order valence-corrected chi connectivity index (χ0v) is 8.22. The van der Waals surface area contributed by atoms with E-state index in [0.717, 1.165) is 12.8 Å². The molecule has 0 unspecified atom stereocenters. The minimum Gasteiger partial charge on any atom is -0.392 e. The summed E-state index contributed by atoms with van der Waals surface area (Å²) in [4.78, 5) is 0. The summed E-state index contributed by atoms with van der Waals surface area (Å²) in [6.07, 6.45) is 6.46. The molecule has 0 saturated heterocycles. The summed E-state index contributed by atoms with van der Waals surface area (Å²) in [6, 6.07) is 0. The second-order valence-corrected chi connectivity index (χ2v) is 4.37. The van der Waals surface area contributed by atoms with Crippen molar-refractivity contribution in [1.29, 1.82) is 0 Å². The van der Waals surface area contributed by atoms with E-state index in [1.165, 1.54) is 11.1 Å². The van der Waals surface area contributed by atoms with Gasteiger partial charge in [-0.05, 0) is 29.4 Å². The molecule has 0 spiro atoms. The van der Waals surface area contributed by atoms with Crippen LogP contribution < -0.4 is 0 Å². The topological polar surface area (TPSA) is 20.2 Å². The summed E-state index contributed by atoms with van der Waals surface area (Å²) in [6.45, 7) is 6.78. The van der Waals surface area contributed by atoms with Crippen LogP contribution in [0.3, 0.4) is 0 Å². The van der Waals surface area contributed by atoms with Crippen molar-refractivity contribution in [3.8, 4) is 0 Å². The van der Waals surface area contributed by atoms with Crippen molar-refractivity contribution >= 4 is 0 Å². The predicted octanol–water partition coefficient (Wildman–Crippen LogP) is 2.67. The van der Waals surface area contributed by atoms with E-state index < -0.39 is 0 Å². The zero-order valence-electron chi connectivity index (χ0n) is 8.22. The van der Waals surface area contributed by atoms with Crippen LogP contribution >= 0.6 is 0 Å². The van der Waals surface area contributed by atoms with Crippen LogP contribution in [0.15, 0.2) is 23.3 Å².